The summed E-state index contributed by atoms with van der Waals surface area (Å²) in [6, 6.07) is 3.11. The Bertz CT molecular complexity index is 553. The zero-order chi connectivity index (χ0) is 13.1. The Labute approximate surface area is 103 Å². The highest BCUT2D eigenvalue weighted by Crippen LogP contribution is 2.39. The number of nitrogens with zero attached hydrogens (tertiary/aromatic N) is 2. The largest absolute Gasteiger partial charge is 0.504 e. The molecule has 0 saturated heterocycles. The third-order valence-electron chi connectivity index (χ3n) is 2.36. The molecule has 2 rings (SSSR count). The van der Waals surface area contributed by atoms with Gasteiger partial charge in [0.1, 0.15) is 0 Å². The highest BCUT2D eigenvalue weighted by Gasteiger charge is 2.15. The van der Waals surface area contributed by atoms with Gasteiger partial charge in [-0.15, -0.1) is 0 Å². The first-order valence-corrected chi connectivity index (χ1v) is 5.17. The standard InChI is InChI=1S/C11H13N3O4/c1-16-8-4-6(3-7(15)10(8)17-2)11-13-9(5-12)18-14-11/h3-4,15H,5,12H2,1-2H3. The van der Waals surface area contributed by atoms with Crippen LogP contribution in [0.1, 0.15) is 5.89 Å². The van der Waals surface area contributed by atoms with Gasteiger partial charge in [-0.2, -0.15) is 4.98 Å². The van der Waals surface area contributed by atoms with Crippen molar-refractivity contribution in [2.24, 2.45) is 5.73 Å². The van der Waals surface area contributed by atoms with Gasteiger partial charge in [-0.25, -0.2) is 0 Å². The smallest absolute Gasteiger partial charge is 0.240 e. The predicted molar refractivity (Wildman–Crippen MR) is 62.4 cm³/mol. The van der Waals surface area contributed by atoms with Gasteiger partial charge in [0.05, 0.1) is 20.8 Å². The number of phenols is 1. The lowest BCUT2D eigenvalue weighted by Crippen LogP contribution is -1.96. The number of aromatic hydroxyl groups is 1. The van der Waals surface area contributed by atoms with Crippen molar-refractivity contribution >= 4 is 0 Å². The first-order valence-electron chi connectivity index (χ1n) is 5.17. The van der Waals surface area contributed by atoms with Gasteiger partial charge in [-0.05, 0) is 12.1 Å². The summed E-state index contributed by atoms with van der Waals surface area (Å²) in [7, 11) is 2.92. The third kappa shape index (κ3) is 2.07. The molecule has 0 atom stereocenters. The van der Waals surface area contributed by atoms with E-state index in [0.29, 0.717) is 23.0 Å². The van der Waals surface area contributed by atoms with E-state index in [1.807, 2.05) is 0 Å². The molecule has 0 unspecified atom stereocenters. The molecule has 7 heteroatoms. The number of rotatable bonds is 4. The number of methoxy groups -OCH3 is 2. The first-order chi connectivity index (χ1) is 8.69. The van der Waals surface area contributed by atoms with Crippen LogP contribution < -0.4 is 15.2 Å². The van der Waals surface area contributed by atoms with Crippen molar-refractivity contribution in [3.63, 3.8) is 0 Å². The minimum atomic E-state index is -0.0639. The van der Waals surface area contributed by atoms with Gasteiger partial charge in [-0.1, -0.05) is 5.16 Å². The first kappa shape index (κ1) is 12.2. The number of aromatic nitrogens is 2. The molecule has 0 radical (unpaired) electrons. The van der Waals surface area contributed by atoms with Gasteiger partial charge < -0.3 is 24.8 Å². The van der Waals surface area contributed by atoms with Crippen LogP contribution in [-0.4, -0.2) is 29.5 Å². The van der Waals surface area contributed by atoms with Gasteiger partial charge in [0, 0.05) is 5.56 Å². The molecule has 7 nitrogen and oxygen atoms in total. The second kappa shape index (κ2) is 4.92. The molecule has 0 fully saturated rings. The van der Waals surface area contributed by atoms with Crippen LogP contribution in [0.4, 0.5) is 0 Å². The lowest BCUT2D eigenvalue weighted by Gasteiger charge is -2.10. The summed E-state index contributed by atoms with van der Waals surface area (Å²) >= 11 is 0. The fourth-order valence-corrected chi connectivity index (χ4v) is 1.53. The van der Waals surface area contributed by atoms with E-state index in [-0.39, 0.29) is 18.0 Å². The molecule has 0 saturated carbocycles. The number of phenolic OH excluding ortho intramolecular Hbond substituents is 1. The van der Waals surface area contributed by atoms with E-state index in [4.69, 9.17) is 19.7 Å². The zero-order valence-corrected chi connectivity index (χ0v) is 10.0. The number of benzene rings is 1. The second-order valence-electron chi connectivity index (χ2n) is 3.45. The van der Waals surface area contributed by atoms with Crippen LogP contribution >= 0.6 is 0 Å². The molecule has 0 spiro atoms. The number of hydrogen-bond acceptors (Lipinski definition) is 7. The summed E-state index contributed by atoms with van der Waals surface area (Å²) in [5, 5.41) is 13.6. The van der Waals surface area contributed by atoms with Crippen LogP contribution in [0, 0.1) is 0 Å². The van der Waals surface area contributed by atoms with Crippen LogP contribution in [-0.2, 0) is 6.54 Å². The summed E-state index contributed by atoms with van der Waals surface area (Å²) in [6.45, 7) is 0.159. The number of hydrogen-bond donors (Lipinski definition) is 2. The average molecular weight is 251 g/mol. The maximum atomic E-state index is 9.81. The maximum absolute atomic E-state index is 9.81. The third-order valence-corrected chi connectivity index (χ3v) is 2.36. The van der Waals surface area contributed by atoms with E-state index in [2.05, 4.69) is 10.1 Å². The summed E-state index contributed by atoms with van der Waals surface area (Å²) in [6.07, 6.45) is 0. The Morgan fingerprint density at radius 2 is 2.11 bits per heavy atom. The van der Waals surface area contributed by atoms with E-state index in [9.17, 15) is 5.11 Å². The van der Waals surface area contributed by atoms with Crippen LogP contribution in [0.25, 0.3) is 11.4 Å². The van der Waals surface area contributed by atoms with Crippen LogP contribution in [0.2, 0.25) is 0 Å². The van der Waals surface area contributed by atoms with Crippen molar-refractivity contribution < 1.29 is 19.1 Å². The van der Waals surface area contributed by atoms with E-state index < -0.39 is 0 Å². The molecule has 0 aliphatic carbocycles. The molecule has 1 heterocycles. The summed E-state index contributed by atoms with van der Waals surface area (Å²) in [4.78, 5) is 4.06. The topological polar surface area (TPSA) is 104 Å². The number of nitrogens with two attached hydrogens (primary N) is 1. The molecule has 0 aliphatic heterocycles. The van der Waals surface area contributed by atoms with Gasteiger partial charge >= 0.3 is 0 Å². The normalized spacial score (nSPS) is 10.4. The van der Waals surface area contributed by atoms with Crippen molar-refractivity contribution in [2.75, 3.05) is 14.2 Å². The van der Waals surface area contributed by atoms with Crippen molar-refractivity contribution in [3.05, 3.63) is 18.0 Å². The fraction of sp³-hybridized carbons (Fsp3) is 0.273. The van der Waals surface area contributed by atoms with Crippen molar-refractivity contribution in [1.29, 1.82) is 0 Å². The van der Waals surface area contributed by atoms with Crippen molar-refractivity contribution in [3.8, 4) is 28.6 Å². The minimum Gasteiger partial charge on any atom is -0.504 e. The maximum Gasteiger partial charge on any atom is 0.240 e. The van der Waals surface area contributed by atoms with Gasteiger partial charge in [0.2, 0.25) is 17.5 Å². The van der Waals surface area contributed by atoms with Crippen LogP contribution in [0.5, 0.6) is 17.2 Å². The van der Waals surface area contributed by atoms with E-state index in [1.165, 1.54) is 20.3 Å². The quantitative estimate of drug-likeness (QED) is 0.832. The Morgan fingerprint density at radius 3 is 2.67 bits per heavy atom. The van der Waals surface area contributed by atoms with Crippen molar-refractivity contribution in [1.82, 2.24) is 10.1 Å². The van der Waals surface area contributed by atoms with Crippen molar-refractivity contribution in [2.45, 2.75) is 6.54 Å². The lowest BCUT2D eigenvalue weighted by atomic mass is 10.1. The van der Waals surface area contributed by atoms with E-state index in [0.717, 1.165) is 0 Å². The molecule has 1 aromatic carbocycles. The second-order valence-corrected chi connectivity index (χ2v) is 3.45. The van der Waals surface area contributed by atoms with E-state index >= 15 is 0 Å². The zero-order valence-electron chi connectivity index (χ0n) is 10.0. The molecule has 0 bridgehead atoms. The van der Waals surface area contributed by atoms with Gasteiger partial charge in [0.15, 0.2) is 11.5 Å². The summed E-state index contributed by atoms with van der Waals surface area (Å²) in [5.74, 6) is 1.22. The lowest BCUT2D eigenvalue weighted by molar-refractivity contribution is 0.333. The fourth-order valence-electron chi connectivity index (χ4n) is 1.53. The molecule has 1 aromatic heterocycles. The molecular weight excluding hydrogens is 238 g/mol. The summed E-state index contributed by atoms with van der Waals surface area (Å²) in [5.41, 5.74) is 5.93. The Balaban J connectivity index is 2.48. The van der Waals surface area contributed by atoms with Gasteiger partial charge in [0.25, 0.3) is 0 Å². The molecule has 3 N–H and O–H groups in total. The van der Waals surface area contributed by atoms with Crippen LogP contribution in [0.3, 0.4) is 0 Å². The Hall–Kier alpha value is -2.28. The molecule has 96 valence electrons. The van der Waals surface area contributed by atoms with Crippen LogP contribution in [0.15, 0.2) is 16.7 Å². The molecular formula is C11H13N3O4. The highest BCUT2D eigenvalue weighted by molar-refractivity contribution is 5.65. The SMILES string of the molecule is COc1cc(-c2noc(CN)n2)cc(O)c1OC. The number of ether oxygens (including phenoxy) is 2. The van der Waals surface area contributed by atoms with Gasteiger partial charge in [-0.3, -0.25) is 0 Å². The Kier molecular flexibility index (Phi) is 3.33. The Morgan fingerprint density at radius 1 is 1.33 bits per heavy atom. The predicted octanol–water partition coefficient (Wildman–Crippen LogP) is 0.918. The molecule has 0 amide bonds. The van der Waals surface area contributed by atoms with E-state index in [1.54, 1.807) is 6.07 Å². The minimum absolute atomic E-state index is 0.0639. The summed E-state index contributed by atoms with van der Waals surface area (Å²) < 4.78 is 15.0. The molecule has 18 heavy (non-hydrogen) atoms. The monoisotopic (exact) mass is 251 g/mol. The molecule has 0 aliphatic rings. The molecule has 2 aromatic rings. The average Bonchev–Trinajstić information content (AvgIpc) is 2.86. The highest BCUT2D eigenvalue weighted by atomic mass is 16.5.